The predicted octanol–water partition coefficient (Wildman–Crippen LogP) is 3.16. The van der Waals surface area contributed by atoms with Crippen LogP contribution in [-0.2, 0) is 5.11 Å². The standard InChI is InChI=1S/C11H16NOS/c13-8-3-1-2-4-9-14-11-6-5-7-12-10-11/h5-7,10H,1-4,8-9H2. The summed E-state index contributed by atoms with van der Waals surface area (Å²) in [5.74, 6) is 1.13. The third-order valence-electron chi connectivity index (χ3n) is 1.94. The molecule has 0 fully saturated rings. The van der Waals surface area contributed by atoms with Gasteiger partial charge in [0.15, 0.2) is 0 Å². The van der Waals surface area contributed by atoms with E-state index in [4.69, 9.17) is 0 Å². The fraction of sp³-hybridized carbons (Fsp3) is 0.545. The fourth-order valence-electron chi connectivity index (χ4n) is 1.18. The Morgan fingerprint density at radius 1 is 1.21 bits per heavy atom. The number of hydrogen-bond donors (Lipinski definition) is 0. The Morgan fingerprint density at radius 2 is 2.07 bits per heavy atom. The van der Waals surface area contributed by atoms with Gasteiger partial charge in [0, 0.05) is 17.3 Å². The van der Waals surface area contributed by atoms with E-state index in [0.717, 1.165) is 18.6 Å². The minimum Gasteiger partial charge on any atom is -0.264 e. The van der Waals surface area contributed by atoms with E-state index in [0.29, 0.717) is 0 Å². The van der Waals surface area contributed by atoms with Crippen LogP contribution in [0.2, 0.25) is 0 Å². The van der Waals surface area contributed by atoms with E-state index in [1.807, 2.05) is 24.0 Å². The van der Waals surface area contributed by atoms with Gasteiger partial charge >= 0.3 is 0 Å². The first-order chi connectivity index (χ1) is 6.93. The minimum atomic E-state index is 0.0791. The number of hydrogen-bond acceptors (Lipinski definition) is 2. The first kappa shape index (κ1) is 11.5. The van der Waals surface area contributed by atoms with E-state index < -0.39 is 0 Å². The molecule has 1 radical (unpaired) electrons. The van der Waals surface area contributed by atoms with Gasteiger partial charge in [-0.15, -0.1) is 11.8 Å². The zero-order valence-electron chi connectivity index (χ0n) is 8.32. The Bertz CT molecular complexity index is 228. The first-order valence-electron chi connectivity index (χ1n) is 5.04. The second kappa shape index (κ2) is 7.83. The molecule has 0 unspecified atom stereocenters. The Balaban J connectivity index is 1.99. The van der Waals surface area contributed by atoms with Gasteiger partial charge in [0.05, 0.1) is 6.61 Å². The highest BCUT2D eigenvalue weighted by Crippen LogP contribution is 2.17. The van der Waals surface area contributed by atoms with Crippen molar-refractivity contribution in [1.82, 2.24) is 4.98 Å². The molecule has 0 amide bonds. The lowest BCUT2D eigenvalue weighted by molar-refractivity contribution is 0.186. The number of aromatic nitrogens is 1. The monoisotopic (exact) mass is 210 g/mol. The summed E-state index contributed by atoms with van der Waals surface area (Å²) in [5, 5.41) is 10.2. The summed E-state index contributed by atoms with van der Waals surface area (Å²) in [6, 6.07) is 4.04. The molecule has 14 heavy (non-hydrogen) atoms. The Morgan fingerprint density at radius 3 is 2.79 bits per heavy atom. The first-order valence-corrected chi connectivity index (χ1v) is 6.03. The molecule has 1 rings (SSSR count). The molecule has 1 heterocycles. The third kappa shape index (κ3) is 5.25. The number of pyridine rings is 1. The molecule has 0 aromatic carbocycles. The maximum absolute atomic E-state index is 10.2. The van der Waals surface area contributed by atoms with Crippen molar-refractivity contribution in [1.29, 1.82) is 0 Å². The summed E-state index contributed by atoms with van der Waals surface area (Å²) in [7, 11) is 0. The van der Waals surface area contributed by atoms with Crippen LogP contribution in [0, 0.1) is 0 Å². The number of unbranched alkanes of at least 4 members (excludes halogenated alkanes) is 3. The zero-order valence-corrected chi connectivity index (χ0v) is 9.13. The molecule has 1 aromatic heterocycles. The van der Waals surface area contributed by atoms with Crippen LogP contribution in [0.4, 0.5) is 0 Å². The van der Waals surface area contributed by atoms with E-state index >= 15 is 0 Å². The molecule has 0 saturated heterocycles. The highest BCUT2D eigenvalue weighted by molar-refractivity contribution is 7.99. The van der Waals surface area contributed by atoms with Crippen LogP contribution in [0.25, 0.3) is 0 Å². The topological polar surface area (TPSA) is 32.8 Å². The van der Waals surface area contributed by atoms with Gasteiger partial charge in [-0.1, -0.05) is 12.8 Å². The Labute approximate surface area is 89.8 Å². The highest BCUT2D eigenvalue weighted by atomic mass is 32.2. The second-order valence-electron chi connectivity index (χ2n) is 3.16. The van der Waals surface area contributed by atoms with E-state index in [1.54, 1.807) is 6.20 Å². The lowest BCUT2D eigenvalue weighted by Crippen LogP contribution is -1.84. The molecule has 0 aliphatic heterocycles. The highest BCUT2D eigenvalue weighted by Gasteiger charge is 1.93. The van der Waals surface area contributed by atoms with Gasteiger partial charge in [0.25, 0.3) is 0 Å². The van der Waals surface area contributed by atoms with Crippen LogP contribution in [0.3, 0.4) is 0 Å². The van der Waals surface area contributed by atoms with Crippen LogP contribution in [0.1, 0.15) is 25.7 Å². The summed E-state index contributed by atoms with van der Waals surface area (Å²) < 4.78 is 0. The fourth-order valence-corrected chi connectivity index (χ4v) is 2.07. The molecule has 2 nitrogen and oxygen atoms in total. The third-order valence-corrected chi connectivity index (χ3v) is 3.01. The maximum Gasteiger partial charge on any atom is 0.0822 e. The molecule has 1 aromatic rings. The van der Waals surface area contributed by atoms with Crippen molar-refractivity contribution < 1.29 is 5.11 Å². The number of rotatable bonds is 7. The molecule has 0 atom stereocenters. The Kier molecular flexibility index (Phi) is 6.45. The zero-order chi connectivity index (χ0) is 10.1. The lowest BCUT2D eigenvalue weighted by atomic mass is 10.2. The largest absolute Gasteiger partial charge is 0.264 e. The van der Waals surface area contributed by atoms with Gasteiger partial charge in [0.2, 0.25) is 0 Å². The number of nitrogens with zero attached hydrogens (tertiary/aromatic N) is 1. The molecule has 3 heteroatoms. The van der Waals surface area contributed by atoms with Crippen molar-refractivity contribution in [2.24, 2.45) is 0 Å². The lowest BCUT2D eigenvalue weighted by Gasteiger charge is -2.00. The van der Waals surface area contributed by atoms with E-state index in [1.165, 1.54) is 17.7 Å². The van der Waals surface area contributed by atoms with Crippen LogP contribution in [0.5, 0.6) is 0 Å². The molecule has 0 bridgehead atoms. The van der Waals surface area contributed by atoms with Crippen LogP contribution >= 0.6 is 11.8 Å². The van der Waals surface area contributed by atoms with E-state index in [-0.39, 0.29) is 6.61 Å². The van der Waals surface area contributed by atoms with E-state index in [2.05, 4.69) is 11.1 Å². The average molecular weight is 210 g/mol. The summed E-state index contributed by atoms with van der Waals surface area (Å²) >= 11 is 1.84. The molecule has 77 valence electrons. The normalized spacial score (nSPS) is 10.4. The van der Waals surface area contributed by atoms with Crippen molar-refractivity contribution in [2.45, 2.75) is 30.6 Å². The molecule has 0 saturated carbocycles. The van der Waals surface area contributed by atoms with Gasteiger partial charge < -0.3 is 0 Å². The van der Waals surface area contributed by atoms with Crippen LogP contribution in [-0.4, -0.2) is 17.3 Å². The molecule has 0 N–H and O–H groups in total. The van der Waals surface area contributed by atoms with Crippen LogP contribution < -0.4 is 0 Å². The van der Waals surface area contributed by atoms with Crippen molar-refractivity contribution in [2.75, 3.05) is 12.4 Å². The quantitative estimate of drug-likeness (QED) is 0.511. The SMILES string of the molecule is [O]CCCCCCSc1cccnc1. The van der Waals surface area contributed by atoms with Gasteiger partial charge in [-0.2, -0.15) is 0 Å². The summed E-state index contributed by atoms with van der Waals surface area (Å²) in [4.78, 5) is 5.28. The predicted molar refractivity (Wildman–Crippen MR) is 59.0 cm³/mol. The molecule has 0 spiro atoms. The summed E-state index contributed by atoms with van der Waals surface area (Å²) in [6.07, 6.45) is 7.96. The van der Waals surface area contributed by atoms with Gasteiger partial charge in [-0.05, 0) is 30.7 Å². The maximum atomic E-state index is 10.2. The van der Waals surface area contributed by atoms with Gasteiger partial charge in [-0.3, -0.25) is 4.98 Å². The van der Waals surface area contributed by atoms with Gasteiger partial charge in [-0.25, -0.2) is 5.11 Å². The molecular formula is C11H16NOS. The van der Waals surface area contributed by atoms with Crippen molar-refractivity contribution in [3.63, 3.8) is 0 Å². The summed E-state index contributed by atoms with van der Waals surface area (Å²) in [5.41, 5.74) is 0. The van der Waals surface area contributed by atoms with Crippen molar-refractivity contribution in [3.05, 3.63) is 24.5 Å². The van der Waals surface area contributed by atoms with Crippen LogP contribution in [0.15, 0.2) is 29.4 Å². The smallest absolute Gasteiger partial charge is 0.0822 e. The van der Waals surface area contributed by atoms with Crippen molar-refractivity contribution in [3.8, 4) is 0 Å². The summed E-state index contributed by atoms with van der Waals surface area (Å²) in [6.45, 7) is 0.0791. The molecule has 0 aliphatic rings. The van der Waals surface area contributed by atoms with Gasteiger partial charge in [0.1, 0.15) is 0 Å². The minimum absolute atomic E-state index is 0.0791. The molecular weight excluding hydrogens is 194 g/mol. The Hall–Kier alpha value is -0.540. The second-order valence-corrected chi connectivity index (χ2v) is 4.32. The average Bonchev–Trinajstić information content (AvgIpc) is 2.25. The molecule has 0 aliphatic carbocycles. The van der Waals surface area contributed by atoms with E-state index in [9.17, 15) is 5.11 Å². The van der Waals surface area contributed by atoms with Crippen molar-refractivity contribution >= 4 is 11.8 Å². The number of thioether (sulfide) groups is 1.